The maximum Gasteiger partial charge on any atom is 0.342 e. The van der Waals surface area contributed by atoms with Crippen molar-refractivity contribution in [3.63, 3.8) is 0 Å². The number of benzene rings is 1. The van der Waals surface area contributed by atoms with Crippen molar-refractivity contribution in [3.8, 4) is 0 Å². The first-order valence-electron chi connectivity index (χ1n) is 8.19. The molecule has 1 unspecified atom stereocenters. The van der Waals surface area contributed by atoms with Crippen LogP contribution < -0.4 is 0 Å². The monoisotopic (exact) mass is 342 g/mol. The zero-order valence-corrected chi connectivity index (χ0v) is 14.0. The Balaban J connectivity index is 1.75. The number of unbranched alkanes of at least 4 members (excludes halogenated alkanes) is 1. The van der Waals surface area contributed by atoms with E-state index in [-0.39, 0.29) is 19.6 Å². The van der Waals surface area contributed by atoms with Crippen LogP contribution in [-0.2, 0) is 19.1 Å². The number of hydrogen-bond acceptors (Lipinski definition) is 5. The van der Waals surface area contributed by atoms with E-state index >= 15 is 0 Å². The summed E-state index contributed by atoms with van der Waals surface area (Å²) in [4.78, 5) is 23.0. The Morgan fingerprint density at radius 2 is 1.84 bits per heavy atom. The lowest BCUT2D eigenvalue weighted by Gasteiger charge is -2.24. The van der Waals surface area contributed by atoms with Crippen LogP contribution >= 0.6 is 0 Å². The Bertz CT molecular complexity index is 675. The summed E-state index contributed by atoms with van der Waals surface area (Å²) in [5.74, 6) is -1.14. The molecule has 1 aromatic rings. The molecule has 2 rings (SSSR count). The van der Waals surface area contributed by atoms with E-state index in [2.05, 4.69) is 6.58 Å². The van der Waals surface area contributed by atoms with Crippen LogP contribution in [0.2, 0.25) is 0 Å². The van der Waals surface area contributed by atoms with Gasteiger partial charge in [-0.15, -0.1) is 0 Å². The normalized spacial score (nSPS) is 19.0. The average molecular weight is 342 g/mol. The smallest absolute Gasteiger partial charge is 0.342 e. The minimum Gasteiger partial charge on any atom is -0.463 e. The number of ether oxygens (including phenoxy) is 2. The number of esters is 2. The van der Waals surface area contributed by atoms with E-state index in [0.717, 1.165) is 17.2 Å². The van der Waals surface area contributed by atoms with Gasteiger partial charge >= 0.3 is 11.9 Å². The number of carbonyl (C=O) groups is 2. The molecule has 1 atom stereocenters. The number of rotatable bonds is 8. The third-order valence-electron chi connectivity index (χ3n) is 3.82. The molecule has 1 aliphatic carbocycles. The first-order valence-corrected chi connectivity index (χ1v) is 8.19. The highest BCUT2D eigenvalue weighted by molar-refractivity contribution is 5.86. The van der Waals surface area contributed by atoms with Gasteiger partial charge in [0.2, 0.25) is 0 Å². The van der Waals surface area contributed by atoms with E-state index in [0.29, 0.717) is 12.8 Å². The minimum absolute atomic E-state index is 0.163. The van der Waals surface area contributed by atoms with Crippen molar-refractivity contribution < 1.29 is 24.2 Å². The second kappa shape index (κ2) is 8.99. The molecule has 1 aliphatic rings. The highest BCUT2D eigenvalue weighted by Gasteiger charge is 2.35. The summed E-state index contributed by atoms with van der Waals surface area (Å²) in [7, 11) is 0. The van der Waals surface area contributed by atoms with Crippen molar-refractivity contribution in [2.24, 2.45) is 0 Å². The van der Waals surface area contributed by atoms with Crippen LogP contribution in [0, 0.1) is 0 Å². The molecule has 0 saturated carbocycles. The highest BCUT2D eigenvalue weighted by Crippen LogP contribution is 2.27. The molecule has 5 heteroatoms. The van der Waals surface area contributed by atoms with Crippen LogP contribution in [0.25, 0.3) is 5.57 Å². The van der Waals surface area contributed by atoms with Gasteiger partial charge in [-0.2, -0.15) is 0 Å². The molecule has 0 amide bonds. The first kappa shape index (κ1) is 18.7. The average Bonchev–Trinajstić information content (AvgIpc) is 2.65. The van der Waals surface area contributed by atoms with E-state index in [1.807, 2.05) is 36.4 Å². The Labute approximate surface area is 147 Å². The lowest BCUT2D eigenvalue weighted by Crippen LogP contribution is -2.38. The van der Waals surface area contributed by atoms with Crippen molar-refractivity contribution in [1.29, 1.82) is 0 Å². The zero-order valence-electron chi connectivity index (χ0n) is 14.0. The van der Waals surface area contributed by atoms with Crippen LogP contribution in [0.3, 0.4) is 0 Å². The van der Waals surface area contributed by atoms with Crippen molar-refractivity contribution in [2.45, 2.75) is 24.9 Å². The Morgan fingerprint density at radius 1 is 1.16 bits per heavy atom. The lowest BCUT2D eigenvalue weighted by molar-refractivity contribution is -0.160. The molecule has 5 nitrogen and oxygen atoms in total. The van der Waals surface area contributed by atoms with Crippen molar-refractivity contribution in [3.05, 3.63) is 66.8 Å². The fraction of sp³-hybridized carbons (Fsp3) is 0.300. The summed E-state index contributed by atoms with van der Waals surface area (Å²) in [6.45, 7) is 3.71. The quantitative estimate of drug-likeness (QED) is 0.447. The largest absolute Gasteiger partial charge is 0.463 e. The highest BCUT2D eigenvalue weighted by atomic mass is 16.6. The van der Waals surface area contributed by atoms with Gasteiger partial charge in [0.1, 0.15) is 0 Å². The van der Waals surface area contributed by atoms with Gasteiger partial charge in [-0.3, -0.25) is 0 Å². The fourth-order valence-electron chi connectivity index (χ4n) is 2.35. The Hall–Kier alpha value is -2.66. The molecule has 1 aromatic carbocycles. The summed E-state index contributed by atoms with van der Waals surface area (Å²) < 4.78 is 9.95. The lowest BCUT2D eigenvalue weighted by atomic mass is 9.89. The SMILES string of the molecule is C=CC(=O)OCCCCOC(=O)C1(O)C=CC(c2ccccc2)=CC1. The van der Waals surface area contributed by atoms with Crippen molar-refractivity contribution in [1.82, 2.24) is 0 Å². The number of carbonyl (C=O) groups excluding carboxylic acids is 2. The van der Waals surface area contributed by atoms with Gasteiger partial charge in [0, 0.05) is 12.5 Å². The van der Waals surface area contributed by atoms with Crippen LogP contribution in [-0.4, -0.2) is 35.9 Å². The van der Waals surface area contributed by atoms with Gasteiger partial charge in [0.05, 0.1) is 13.2 Å². The van der Waals surface area contributed by atoms with E-state index in [1.165, 1.54) is 6.08 Å². The van der Waals surface area contributed by atoms with Crippen molar-refractivity contribution >= 4 is 17.5 Å². The molecule has 0 spiro atoms. The summed E-state index contributed by atoms with van der Waals surface area (Å²) >= 11 is 0. The molecule has 1 N–H and O–H groups in total. The molecule has 0 fully saturated rings. The van der Waals surface area contributed by atoms with Crippen molar-refractivity contribution in [2.75, 3.05) is 13.2 Å². The first-order chi connectivity index (χ1) is 12.0. The Morgan fingerprint density at radius 3 is 2.44 bits per heavy atom. The molecular formula is C20H22O5. The van der Waals surface area contributed by atoms with E-state index in [9.17, 15) is 14.7 Å². The summed E-state index contributed by atoms with van der Waals surface area (Å²) in [6.07, 6.45) is 7.41. The van der Waals surface area contributed by atoms with Crippen LogP contribution in [0.4, 0.5) is 0 Å². The van der Waals surface area contributed by atoms with E-state index in [4.69, 9.17) is 9.47 Å². The maximum atomic E-state index is 12.1. The van der Waals surface area contributed by atoms with Crippen LogP contribution in [0.1, 0.15) is 24.8 Å². The topological polar surface area (TPSA) is 72.8 Å². The number of hydrogen-bond donors (Lipinski definition) is 1. The molecule has 0 bridgehead atoms. The summed E-state index contributed by atoms with van der Waals surface area (Å²) in [5.41, 5.74) is 0.360. The van der Waals surface area contributed by atoms with Crippen LogP contribution in [0.5, 0.6) is 0 Å². The third-order valence-corrected chi connectivity index (χ3v) is 3.82. The molecule has 132 valence electrons. The number of allylic oxidation sites excluding steroid dienone is 2. The number of aliphatic hydroxyl groups is 1. The second-order valence-electron chi connectivity index (χ2n) is 5.70. The summed E-state index contributed by atoms with van der Waals surface area (Å²) in [6, 6.07) is 9.75. The molecule has 0 radical (unpaired) electrons. The van der Waals surface area contributed by atoms with E-state index < -0.39 is 17.5 Å². The third kappa shape index (κ3) is 5.43. The van der Waals surface area contributed by atoms with Gasteiger partial charge in [0.15, 0.2) is 5.60 Å². The molecule has 0 aromatic heterocycles. The minimum atomic E-state index is -1.63. The summed E-state index contributed by atoms with van der Waals surface area (Å²) in [5, 5.41) is 10.4. The maximum absolute atomic E-state index is 12.1. The van der Waals surface area contributed by atoms with Gasteiger partial charge < -0.3 is 14.6 Å². The Kier molecular flexibility index (Phi) is 6.71. The molecule has 0 saturated heterocycles. The van der Waals surface area contributed by atoms with Gasteiger partial charge in [-0.05, 0) is 30.1 Å². The van der Waals surface area contributed by atoms with Gasteiger partial charge in [-0.25, -0.2) is 9.59 Å². The standard InChI is InChI=1S/C20H22O5/c1-2-18(21)24-14-6-7-15-25-19(22)20(23)12-10-17(11-13-20)16-8-4-3-5-9-16/h2-5,8-12,23H,1,6-7,13-15H2. The predicted molar refractivity (Wildman–Crippen MR) is 94.5 cm³/mol. The fourth-order valence-corrected chi connectivity index (χ4v) is 2.35. The molecule has 0 heterocycles. The zero-order chi connectivity index (χ0) is 18.1. The molecular weight excluding hydrogens is 320 g/mol. The molecule has 25 heavy (non-hydrogen) atoms. The van der Waals surface area contributed by atoms with E-state index in [1.54, 1.807) is 6.08 Å². The second-order valence-corrected chi connectivity index (χ2v) is 5.70. The van der Waals surface area contributed by atoms with Gasteiger partial charge in [-0.1, -0.05) is 49.1 Å². The van der Waals surface area contributed by atoms with Gasteiger partial charge in [0.25, 0.3) is 0 Å². The molecule has 0 aliphatic heterocycles. The van der Waals surface area contributed by atoms with Crippen LogP contribution in [0.15, 0.2) is 61.2 Å². The predicted octanol–water partition coefficient (Wildman–Crippen LogP) is 2.81.